The molecule has 1 aliphatic rings. The zero-order chi connectivity index (χ0) is 19.6. The molecule has 140 valence electrons. The number of benzene rings is 1. The second-order valence-corrected chi connectivity index (χ2v) is 6.49. The SMILES string of the molecule is CC1CC(=O)Nc2ccccc2N1C(=O)CN(C)C(=O)c1ccc(=O)[nH]c1. The Kier molecular flexibility index (Phi) is 5.07. The third kappa shape index (κ3) is 3.89. The number of rotatable bonds is 3. The zero-order valence-electron chi connectivity index (χ0n) is 15.1. The van der Waals surface area contributed by atoms with Crippen LogP contribution in [0.15, 0.2) is 47.4 Å². The van der Waals surface area contributed by atoms with Crippen molar-refractivity contribution in [2.75, 3.05) is 23.8 Å². The van der Waals surface area contributed by atoms with Gasteiger partial charge < -0.3 is 20.1 Å². The fraction of sp³-hybridized carbons (Fsp3) is 0.263. The quantitative estimate of drug-likeness (QED) is 0.850. The van der Waals surface area contributed by atoms with Crippen LogP contribution in [0.3, 0.4) is 0 Å². The number of pyridine rings is 1. The lowest BCUT2D eigenvalue weighted by Gasteiger charge is -2.29. The van der Waals surface area contributed by atoms with Gasteiger partial charge in [0.15, 0.2) is 0 Å². The highest BCUT2D eigenvalue weighted by molar-refractivity contribution is 6.06. The van der Waals surface area contributed by atoms with E-state index in [4.69, 9.17) is 0 Å². The first-order valence-electron chi connectivity index (χ1n) is 8.52. The summed E-state index contributed by atoms with van der Waals surface area (Å²) < 4.78 is 0. The van der Waals surface area contributed by atoms with E-state index in [-0.39, 0.29) is 47.9 Å². The Hall–Kier alpha value is -3.42. The molecule has 2 N–H and O–H groups in total. The van der Waals surface area contributed by atoms with Crippen LogP contribution in [-0.4, -0.2) is 47.2 Å². The number of fused-ring (bicyclic) bond motifs is 1. The highest BCUT2D eigenvalue weighted by Crippen LogP contribution is 2.31. The molecule has 8 heteroatoms. The summed E-state index contributed by atoms with van der Waals surface area (Å²) in [6, 6.07) is 9.39. The summed E-state index contributed by atoms with van der Waals surface area (Å²) in [6.45, 7) is 1.63. The van der Waals surface area contributed by atoms with Gasteiger partial charge in [0.1, 0.15) is 6.54 Å². The third-order valence-corrected chi connectivity index (χ3v) is 4.38. The second kappa shape index (κ2) is 7.45. The molecule has 8 nitrogen and oxygen atoms in total. The number of aromatic nitrogens is 1. The van der Waals surface area contributed by atoms with Gasteiger partial charge in [-0.05, 0) is 25.1 Å². The van der Waals surface area contributed by atoms with Gasteiger partial charge in [-0.25, -0.2) is 0 Å². The van der Waals surface area contributed by atoms with Gasteiger partial charge in [0.2, 0.25) is 17.4 Å². The van der Waals surface area contributed by atoms with Crippen LogP contribution in [0.1, 0.15) is 23.7 Å². The molecule has 0 saturated heterocycles. The van der Waals surface area contributed by atoms with E-state index in [0.717, 1.165) is 0 Å². The number of anilines is 2. The summed E-state index contributed by atoms with van der Waals surface area (Å²) in [7, 11) is 1.52. The molecule has 0 saturated carbocycles. The Bertz CT molecular complexity index is 932. The van der Waals surface area contributed by atoms with Gasteiger partial charge in [0.25, 0.3) is 5.91 Å². The van der Waals surface area contributed by atoms with Gasteiger partial charge in [-0.2, -0.15) is 0 Å². The number of likely N-dealkylation sites (N-methyl/N-ethyl adjacent to an activating group) is 1. The maximum Gasteiger partial charge on any atom is 0.255 e. The Morgan fingerprint density at radius 3 is 2.63 bits per heavy atom. The van der Waals surface area contributed by atoms with Crippen molar-refractivity contribution in [2.45, 2.75) is 19.4 Å². The van der Waals surface area contributed by atoms with Crippen molar-refractivity contribution in [3.8, 4) is 0 Å². The topological polar surface area (TPSA) is 103 Å². The average Bonchev–Trinajstić information content (AvgIpc) is 2.75. The van der Waals surface area contributed by atoms with Crippen LogP contribution in [0.2, 0.25) is 0 Å². The minimum atomic E-state index is -0.385. The van der Waals surface area contributed by atoms with Crippen LogP contribution in [0, 0.1) is 0 Å². The standard InChI is InChI=1S/C19H20N4O4/c1-12-9-17(25)21-14-5-3-4-6-15(14)23(12)18(26)11-22(2)19(27)13-7-8-16(24)20-10-13/h3-8,10,12H,9,11H2,1-2H3,(H,20,24)(H,21,25). The van der Waals surface area contributed by atoms with Crippen molar-refractivity contribution in [2.24, 2.45) is 0 Å². The Morgan fingerprint density at radius 2 is 1.93 bits per heavy atom. The fourth-order valence-corrected chi connectivity index (χ4v) is 3.08. The third-order valence-electron chi connectivity index (χ3n) is 4.38. The fourth-order valence-electron chi connectivity index (χ4n) is 3.08. The number of hydrogen-bond acceptors (Lipinski definition) is 4. The predicted octanol–water partition coefficient (Wildman–Crippen LogP) is 1.21. The number of nitrogens with one attached hydrogen (secondary N) is 2. The summed E-state index contributed by atoms with van der Waals surface area (Å²) in [5.41, 5.74) is 1.14. The summed E-state index contributed by atoms with van der Waals surface area (Å²) in [5.74, 6) is -0.848. The van der Waals surface area contributed by atoms with Crippen molar-refractivity contribution < 1.29 is 14.4 Å². The molecule has 1 aliphatic heterocycles. The molecule has 0 spiro atoms. The molecular weight excluding hydrogens is 348 g/mol. The first-order valence-corrected chi connectivity index (χ1v) is 8.52. The van der Waals surface area contributed by atoms with Crippen molar-refractivity contribution >= 4 is 29.1 Å². The largest absolute Gasteiger partial charge is 0.332 e. The maximum atomic E-state index is 13.0. The summed E-state index contributed by atoms with van der Waals surface area (Å²) in [5, 5.41) is 2.80. The van der Waals surface area contributed by atoms with Gasteiger partial charge in [0, 0.05) is 31.8 Å². The number of carbonyl (C=O) groups excluding carboxylic acids is 3. The molecule has 0 fully saturated rings. The minimum Gasteiger partial charge on any atom is -0.332 e. The van der Waals surface area contributed by atoms with E-state index in [0.29, 0.717) is 11.4 Å². The predicted molar refractivity (Wildman–Crippen MR) is 101 cm³/mol. The van der Waals surface area contributed by atoms with Crippen molar-refractivity contribution in [3.05, 3.63) is 58.5 Å². The number of carbonyl (C=O) groups is 3. The lowest BCUT2D eigenvalue weighted by Crippen LogP contribution is -2.45. The van der Waals surface area contributed by atoms with Crippen LogP contribution >= 0.6 is 0 Å². The second-order valence-electron chi connectivity index (χ2n) is 6.49. The van der Waals surface area contributed by atoms with E-state index in [9.17, 15) is 19.2 Å². The lowest BCUT2D eigenvalue weighted by atomic mass is 10.1. The summed E-state index contributed by atoms with van der Waals surface area (Å²) in [4.78, 5) is 53.9. The number of hydrogen-bond donors (Lipinski definition) is 2. The molecule has 3 rings (SSSR count). The van der Waals surface area contributed by atoms with Crippen molar-refractivity contribution in [1.82, 2.24) is 9.88 Å². The highest BCUT2D eigenvalue weighted by atomic mass is 16.2. The Morgan fingerprint density at radius 1 is 1.19 bits per heavy atom. The molecule has 2 heterocycles. The number of aromatic amines is 1. The number of H-pyrrole nitrogens is 1. The Labute approximate surface area is 155 Å². The molecule has 2 aromatic rings. The van der Waals surface area contributed by atoms with Crippen LogP contribution in [0.4, 0.5) is 11.4 Å². The van der Waals surface area contributed by atoms with Crippen molar-refractivity contribution in [3.63, 3.8) is 0 Å². The molecule has 0 radical (unpaired) electrons. The lowest BCUT2D eigenvalue weighted by molar-refractivity contribution is -0.119. The number of para-hydroxylation sites is 2. The molecule has 27 heavy (non-hydrogen) atoms. The van der Waals surface area contributed by atoms with Gasteiger partial charge >= 0.3 is 0 Å². The molecule has 0 bridgehead atoms. The molecular formula is C19H20N4O4. The normalized spacial score (nSPS) is 16.1. The molecule has 3 amide bonds. The average molecular weight is 368 g/mol. The maximum absolute atomic E-state index is 13.0. The molecule has 1 atom stereocenters. The van der Waals surface area contributed by atoms with Gasteiger partial charge in [-0.1, -0.05) is 12.1 Å². The number of amides is 3. The van der Waals surface area contributed by atoms with E-state index >= 15 is 0 Å². The van der Waals surface area contributed by atoms with Gasteiger partial charge in [-0.15, -0.1) is 0 Å². The summed E-state index contributed by atoms with van der Waals surface area (Å²) >= 11 is 0. The minimum absolute atomic E-state index is 0.162. The molecule has 1 aromatic carbocycles. The van der Waals surface area contributed by atoms with E-state index < -0.39 is 0 Å². The summed E-state index contributed by atoms with van der Waals surface area (Å²) in [6.07, 6.45) is 1.48. The zero-order valence-corrected chi connectivity index (χ0v) is 15.1. The molecule has 1 unspecified atom stereocenters. The Balaban J connectivity index is 1.82. The highest BCUT2D eigenvalue weighted by Gasteiger charge is 2.30. The van der Waals surface area contributed by atoms with E-state index in [1.807, 2.05) is 0 Å². The van der Waals surface area contributed by atoms with E-state index in [1.165, 1.54) is 30.3 Å². The van der Waals surface area contributed by atoms with Crippen LogP contribution in [-0.2, 0) is 9.59 Å². The number of nitrogens with zero attached hydrogens (tertiary/aromatic N) is 2. The van der Waals surface area contributed by atoms with E-state index in [1.54, 1.807) is 36.1 Å². The van der Waals surface area contributed by atoms with Crippen LogP contribution in [0.5, 0.6) is 0 Å². The first-order chi connectivity index (χ1) is 12.9. The molecule has 0 aliphatic carbocycles. The first kappa shape index (κ1) is 18.4. The van der Waals surface area contributed by atoms with Gasteiger partial charge in [0.05, 0.1) is 16.9 Å². The van der Waals surface area contributed by atoms with Crippen LogP contribution in [0.25, 0.3) is 0 Å². The smallest absolute Gasteiger partial charge is 0.255 e. The van der Waals surface area contributed by atoms with Crippen LogP contribution < -0.4 is 15.8 Å². The molecule has 1 aromatic heterocycles. The van der Waals surface area contributed by atoms with E-state index in [2.05, 4.69) is 10.3 Å². The van der Waals surface area contributed by atoms with Crippen molar-refractivity contribution in [1.29, 1.82) is 0 Å². The van der Waals surface area contributed by atoms with Gasteiger partial charge in [-0.3, -0.25) is 19.2 Å². The monoisotopic (exact) mass is 368 g/mol.